The zero-order chi connectivity index (χ0) is 13.2. The van der Waals surface area contributed by atoms with Crippen LogP contribution in [0, 0.1) is 0 Å². The van der Waals surface area contributed by atoms with E-state index in [1.807, 2.05) is 18.2 Å². The van der Waals surface area contributed by atoms with E-state index in [0.717, 1.165) is 12.3 Å². The van der Waals surface area contributed by atoms with E-state index in [4.69, 9.17) is 4.74 Å². The maximum Gasteiger partial charge on any atom is 0.323 e. The number of thioether (sulfide) groups is 1. The van der Waals surface area contributed by atoms with Gasteiger partial charge in [-0.1, -0.05) is 30.3 Å². The van der Waals surface area contributed by atoms with Crippen LogP contribution in [0.15, 0.2) is 30.3 Å². The first-order chi connectivity index (χ1) is 8.54. The van der Waals surface area contributed by atoms with E-state index in [1.165, 1.54) is 12.7 Å². The summed E-state index contributed by atoms with van der Waals surface area (Å²) in [6.07, 6.45) is 0. The Morgan fingerprint density at radius 2 is 2.11 bits per heavy atom. The van der Waals surface area contributed by atoms with Crippen molar-refractivity contribution in [2.45, 2.75) is 31.3 Å². The van der Waals surface area contributed by atoms with Crippen molar-refractivity contribution in [1.82, 2.24) is 4.90 Å². The van der Waals surface area contributed by atoms with Crippen molar-refractivity contribution >= 4 is 17.7 Å². The molecule has 0 bridgehead atoms. The molecule has 98 valence electrons. The van der Waals surface area contributed by atoms with E-state index in [0.29, 0.717) is 0 Å². The first-order valence-electron chi connectivity index (χ1n) is 6.07. The maximum absolute atomic E-state index is 11.8. The van der Waals surface area contributed by atoms with Crippen LogP contribution in [-0.2, 0) is 16.1 Å². The molecule has 4 heteroatoms. The number of ether oxygens (including phenoxy) is 1. The molecule has 1 aromatic rings. The van der Waals surface area contributed by atoms with E-state index in [-0.39, 0.29) is 16.9 Å². The van der Waals surface area contributed by atoms with Crippen LogP contribution < -0.4 is 0 Å². The third kappa shape index (κ3) is 2.70. The van der Waals surface area contributed by atoms with E-state index in [1.54, 1.807) is 11.8 Å². The van der Waals surface area contributed by atoms with Gasteiger partial charge < -0.3 is 4.74 Å². The van der Waals surface area contributed by atoms with Crippen molar-refractivity contribution in [1.29, 1.82) is 0 Å². The minimum absolute atomic E-state index is 0.0330. The summed E-state index contributed by atoms with van der Waals surface area (Å²) < 4.78 is 4.90. The molecule has 0 aliphatic carbocycles. The van der Waals surface area contributed by atoms with Gasteiger partial charge in [-0.2, -0.15) is 0 Å². The molecule has 0 radical (unpaired) electrons. The summed E-state index contributed by atoms with van der Waals surface area (Å²) in [5.74, 6) is 0.663. The number of carbonyl (C=O) groups is 1. The first-order valence-corrected chi connectivity index (χ1v) is 7.05. The van der Waals surface area contributed by atoms with Crippen LogP contribution in [-0.4, -0.2) is 34.6 Å². The summed E-state index contributed by atoms with van der Waals surface area (Å²) in [5.41, 5.74) is 1.22. The highest BCUT2D eigenvalue weighted by Crippen LogP contribution is 2.40. The van der Waals surface area contributed by atoms with E-state index < -0.39 is 0 Å². The van der Waals surface area contributed by atoms with E-state index >= 15 is 0 Å². The minimum atomic E-state index is -0.143. The predicted molar refractivity (Wildman–Crippen MR) is 74.3 cm³/mol. The molecular weight excluding hydrogens is 246 g/mol. The van der Waals surface area contributed by atoms with Crippen LogP contribution in [0.3, 0.4) is 0 Å². The molecule has 0 saturated carbocycles. The van der Waals surface area contributed by atoms with Crippen molar-refractivity contribution in [3.05, 3.63) is 35.9 Å². The molecule has 1 atom stereocenters. The number of rotatable bonds is 3. The Morgan fingerprint density at radius 3 is 2.72 bits per heavy atom. The molecule has 2 rings (SSSR count). The van der Waals surface area contributed by atoms with Gasteiger partial charge in [-0.15, -0.1) is 11.8 Å². The Morgan fingerprint density at radius 1 is 1.44 bits per heavy atom. The quantitative estimate of drug-likeness (QED) is 0.785. The molecule has 1 aliphatic heterocycles. The molecule has 18 heavy (non-hydrogen) atoms. The first kappa shape index (κ1) is 13.4. The molecule has 1 fully saturated rings. The number of esters is 1. The van der Waals surface area contributed by atoms with Gasteiger partial charge in [-0.25, -0.2) is 0 Å². The second-order valence-electron chi connectivity index (χ2n) is 4.91. The Kier molecular flexibility index (Phi) is 3.97. The molecular formula is C14H19NO2S. The summed E-state index contributed by atoms with van der Waals surface area (Å²) in [4.78, 5) is 14.0. The van der Waals surface area contributed by atoms with Crippen LogP contribution in [0.1, 0.15) is 19.4 Å². The summed E-state index contributed by atoms with van der Waals surface area (Å²) in [7, 11) is 1.46. The van der Waals surface area contributed by atoms with Gasteiger partial charge in [0.25, 0.3) is 0 Å². The van der Waals surface area contributed by atoms with E-state index in [2.05, 4.69) is 30.9 Å². The van der Waals surface area contributed by atoms with Gasteiger partial charge in [0.05, 0.1) is 12.0 Å². The van der Waals surface area contributed by atoms with Crippen LogP contribution in [0.25, 0.3) is 0 Å². The Balaban J connectivity index is 2.18. The second kappa shape index (κ2) is 5.33. The average molecular weight is 265 g/mol. The lowest BCUT2D eigenvalue weighted by molar-refractivity contribution is -0.146. The Labute approximate surface area is 113 Å². The normalized spacial score (nSPS) is 22.9. The number of methoxy groups -OCH3 is 1. The second-order valence-corrected chi connectivity index (χ2v) is 6.53. The number of benzene rings is 1. The van der Waals surface area contributed by atoms with Crippen molar-refractivity contribution in [3.8, 4) is 0 Å². The molecule has 0 spiro atoms. The Bertz CT molecular complexity index is 419. The molecule has 0 unspecified atom stereocenters. The van der Waals surface area contributed by atoms with Gasteiger partial charge in [-0.3, -0.25) is 9.69 Å². The number of carbonyl (C=O) groups excluding carboxylic acids is 1. The summed E-state index contributed by atoms with van der Waals surface area (Å²) >= 11 is 1.80. The van der Waals surface area contributed by atoms with Gasteiger partial charge >= 0.3 is 5.97 Å². The van der Waals surface area contributed by atoms with Crippen LogP contribution in [0.2, 0.25) is 0 Å². The number of hydrogen-bond donors (Lipinski definition) is 0. The van der Waals surface area contributed by atoms with Gasteiger partial charge in [0, 0.05) is 12.3 Å². The summed E-state index contributed by atoms with van der Waals surface area (Å²) in [6, 6.07) is 10.1. The topological polar surface area (TPSA) is 29.5 Å². The van der Waals surface area contributed by atoms with Crippen molar-refractivity contribution < 1.29 is 9.53 Å². The van der Waals surface area contributed by atoms with Gasteiger partial charge in [0.2, 0.25) is 0 Å². The Hall–Kier alpha value is -1.00. The lowest BCUT2D eigenvalue weighted by atomic mass is 10.1. The summed E-state index contributed by atoms with van der Waals surface area (Å²) in [5, 5.41) is 0. The third-order valence-electron chi connectivity index (χ3n) is 3.33. The molecule has 0 N–H and O–H groups in total. The van der Waals surface area contributed by atoms with E-state index in [9.17, 15) is 4.79 Å². The van der Waals surface area contributed by atoms with Crippen molar-refractivity contribution in [3.63, 3.8) is 0 Å². The zero-order valence-electron chi connectivity index (χ0n) is 11.1. The molecule has 1 saturated heterocycles. The van der Waals surface area contributed by atoms with Crippen LogP contribution in [0.5, 0.6) is 0 Å². The van der Waals surface area contributed by atoms with Gasteiger partial charge in [0.1, 0.15) is 6.04 Å². The highest BCUT2D eigenvalue weighted by atomic mass is 32.2. The minimum Gasteiger partial charge on any atom is -0.468 e. The largest absolute Gasteiger partial charge is 0.468 e. The van der Waals surface area contributed by atoms with Crippen LogP contribution >= 0.6 is 11.8 Å². The van der Waals surface area contributed by atoms with Crippen molar-refractivity contribution in [2.24, 2.45) is 0 Å². The average Bonchev–Trinajstić information content (AvgIpc) is 2.66. The van der Waals surface area contributed by atoms with Gasteiger partial charge in [0.15, 0.2) is 0 Å². The lowest BCUT2D eigenvalue weighted by Crippen LogP contribution is -2.45. The fourth-order valence-corrected chi connectivity index (χ4v) is 3.48. The lowest BCUT2D eigenvalue weighted by Gasteiger charge is -2.33. The van der Waals surface area contributed by atoms with Crippen LogP contribution in [0.4, 0.5) is 0 Å². The van der Waals surface area contributed by atoms with Crippen molar-refractivity contribution in [2.75, 3.05) is 12.9 Å². The predicted octanol–water partition coefficient (Wildman–Crippen LogP) is 2.51. The fraction of sp³-hybridized carbons (Fsp3) is 0.500. The highest BCUT2D eigenvalue weighted by molar-refractivity contribution is 8.00. The van der Waals surface area contributed by atoms with Gasteiger partial charge in [-0.05, 0) is 19.4 Å². The number of nitrogens with zero attached hydrogens (tertiary/aromatic N) is 1. The molecule has 1 heterocycles. The molecule has 0 aromatic heterocycles. The third-order valence-corrected chi connectivity index (χ3v) is 4.75. The fourth-order valence-electron chi connectivity index (χ4n) is 2.24. The standard InChI is InChI=1S/C14H19NO2S/c1-14(2)15(9-11-7-5-4-6-8-11)12(10-18-14)13(16)17-3/h4-8,12H,9-10H2,1-3H3/t12-/m0/s1. The SMILES string of the molecule is COC(=O)[C@@H]1CSC(C)(C)N1Cc1ccccc1. The molecule has 3 nitrogen and oxygen atoms in total. The maximum atomic E-state index is 11.8. The molecule has 0 amide bonds. The summed E-state index contributed by atoms with van der Waals surface area (Å²) in [6.45, 7) is 5.09. The highest BCUT2D eigenvalue weighted by Gasteiger charge is 2.44. The number of hydrogen-bond acceptors (Lipinski definition) is 4. The smallest absolute Gasteiger partial charge is 0.323 e. The zero-order valence-corrected chi connectivity index (χ0v) is 11.9. The molecule has 1 aromatic carbocycles. The molecule has 1 aliphatic rings. The monoisotopic (exact) mass is 265 g/mol.